The SMILES string of the molecule is Fc1ccc(COc2cccc(C3CCN(Cc4nc5cc(-c6n[nH]c(C(F)(F)F)n6)ncc5n4C[C@@H]4CCO4)CC3)n2)nc1OC(F)F. The van der Waals surface area contributed by atoms with Crippen molar-refractivity contribution in [1.82, 2.24) is 44.6 Å². The van der Waals surface area contributed by atoms with E-state index in [2.05, 4.69) is 39.2 Å². The second kappa shape index (κ2) is 13.6. The van der Waals surface area contributed by atoms with E-state index in [1.807, 2.05) is 17.2 Å². The minimum atomic E-state index is -4.65. The van der Waals surface area contributed by atoms with Crippen molar-refractivity contribution in [1.29, 1.82) is 0 Å². The smallest absolute Gasteiger partial charge is 0.451 e. The number of piperidine rings is 1. The topological polar surface area (TPSA) is 129 Å². The van der Waals surface area contributed by atoms with E-state index in [4.69, 9.17) is 14.5 Å². The van der Waals surface area contributed by atoms with Crippen LogP contribution in [-0.4, -0.2) is 77.0 Å². The molecular formula is C31H29F6N9O3. The van der Waals surface area contributed by atoms with Crippen molar-refractivity contribution in [2.24, 2.45) is 0 Å². The molecule has 7 heterocycles. The third kappa shape index (κ3) is 7.44. The van der Waals surface area contributed by atoms with Crippen molar-refractivity contribution in [2.75, 3.05) is 19.7 Å². The van der Waals surface area contributed by atoms with Gasteiger partial charge in [-0.2, -0.15) is 27.1 Å². The van der Waals surface area contributed by atoms with Crippen LogP contribution in [0.5, 0.6) is 11.8 Å². The summed E-state index contributed by atoms with van der Waals surface area (Å²) in [6.45, 7) is 0.0000163. The van der Waals surface area contributed by atoms with Crippen molar-refractivity contribution in [2.45, 2.75) is 63.8 Å². The van der Waals surface area contributed by atoms with E-state index >= 15 is 0 Å². The van der Waals surface area contributed by atoms with E-state index in [0.717, 1.165) is 55.5 Å². The van der Waals surface area contributed by atoms with Crippen molar-refractivity contribution in [3.8, 4) is 23.3 Å². The van der Waals surface area contributed by atoms with Crippen LogP contribution in [0.25, 0.3) is 22.6 Å². The summed E-state index contributed by atoms with van der Waals surface area (Å²) in [4.78, 5) is 23.4. The maximum Gasteiger partial charge on any atom is 0.451 e. The number of pyridine rings is 3. The molecule has 5 aromatic rings. The maximum atomic E-state index is 13.7. The van der Waals surface area contributed by atoms with Crippen LogP contribution in [-0.2, 0) is 30.6 Å². The van der Waals surface area contributed by atoms with Gasteiger partial charge < -0.3 is 18.8 Å². The Morgan fingerprint density at radius 3 is 2.55 bits per heavy atom. The molecule has 0 aromatic carbocycles. The molecule has 2 aliphatic heterocycles. The normalized spacial score (nSPS) is 17.5. The highest BCUT2D eigenvalue weighted by Crippen LogP contribution is 2.31. The zero-order valence-corrected chi connectivity index (χ0v) is 25.7. The summed E-state index contributed by atoms with van der Waals surface area (Å²) in [7, 11) is 0. The van der Waals surface area contributed by atoms with Gasteiger partial charge in [-0.1, -0.05) is 6.07 Å². The molecule has 1 N–H and O–H groups in total. The molecule has 0 bridgehead atoms. The number of halogens is 6. The van der Waals surface area contributed by atoms with Crippen LogP contribution in [0.2, 0.25) is 0 Å². The number of fused-ring (bicyclic) bond motifs is 1. The molecule has 0 saturated carbocycles. The summed E-state index contributed by atoms with van der Waals surface area (Å²) in [5.41, 5.74) is 2.54. The van der Waals surface area contributed by atoms with Gasteiger partial charge in [0.1, 0.15) is 18.1 Å². The molecule has 0 amide bonds. The number of imidazole rings is 1. The standard InChI is InChI=1S/C31H29F6N9O3/c32-20-5-4-18(39-28(20)49-30(33)34)16-48-26-3-1-2-21(41-26)17-6-9-45(10-7-17)15-25-40-22-12-23(27-42-29(44-43-27)31(35,36)37)38-13-24(22)46(25)14-19-8-11-47-19/h1-5,12-13,17,19,30H,6-11,14-16H2,(H,42,43,44)/t19-/m0/s1. The first kappa shape index (κ1) is 32.7. The third-order valence-electron chi connectivity index (χ3n) is 8.43. The molecule has 0 spiro atoms. The van der Waals surface area contributed by atoms with Crippen molar-refractivity contribution < 1.29 is 40.6 Å². The van der Waals surface area contributed by atoms with Crippen LogP contribution < -0.4 is 9.47 Å². The van der Waals surface area contributed by atoms with Crippen LogP contribution in [0.3, 0.4) is 0 Å². The Morgan fingerprint density at radius 2 is 1.84 bits per heavy atom. The maximum absolute atomic E-state index is 13.7. The van der Waals surface area contributed by atoms with Gasteiger partial charge >= 0.3 is 12.8 Å². The number of nitrogens with zero attached hydrogens (tertiary/aromatic N) is 8. The highest BCUT2D eigenvalue weighted by atomic mass is 19.4. The van der Waals surface area contributed by atoms with Gasteiger partial charge in [0.15, 0.2) is 11.6 Å². The third-order valence-corrected chi connectivity index (χ3v) is 8.43. The molecule has 2 saturated heterocycles. The zero-order chi connectivity index (χ0) is 34.1. The molecule has 0 unspecified atom stereocenters. The number of alkyl halides is 5. The molecule has 12 nitrogen and oxygen atoms in total. The molecule has 2 fully saturated rings. The minimum absolute atomic E-state index is 0.0383. The van der Waals surface area contributed by atoms with Gasteiger partial charge in [0, 0.05) is 24.3 Å². The van der Waals surface area contributed by atoms with Crippen molar-refractivity contribution in [3.05, 3.63) is 71.4 Å². The second-order valence-electron chi connectivity index (χ2n) is 11.7. The summed E-state index contributed by atoms with van der Waals surface area (Å²) in [6, 6.07) is 9.32. The predicted octanol–water partition coefficient (Wildman–Crippen LogP) is 5.51. The van der Waals surface area contributed by atoms with Crippen molar-refractivity contribution >= 4 is 11.0 Å². The zero-order valence-electron chi connectivity index (χ0n) is 25.7. The van der Waals surface area contributed by atoms with E-state index in [1.54, 1.807) is 18.3 Å². The lowest BCUT2D eigenvalue weighted by Gasteiger charge is -2.32. The van der Waals surface area contributed by atoms with Gasteiger partial charge in [-0.05, 0) is 56.6 Å². The Bertz CT molecular complexity index is 1920. The Morgan fingerprint density at radius 1 is 1.02 bits per heavy atom. The summed E-state index contributed by atoms with van der Waals surface area (Å²) in [5.74, 6) is -1.89. The largest absolute Gasteiger partial charge is 0.471 e. The molecule has 0 aliphatic carbocycles. The predicted molar refractivity (Wildman–Crippen MR) is 159 cm³/mol. The monoisotopic (exact) mass is 689 g/mol. The average molecular weight is 690 g/mol. The average Bonchev–Trinajstić information content (AvgIpc) is 3.69. The summed E-state index contributed by atoms with van der Waals surface area (Å²) in [5, 5.41) is 5.61. The van der Waals surface area contributed by atoms with Crippen LogP contribution in [0.15, 0.2) is 42.6 Å². The first-order valence-electron chi connectivity index (χ1n) is 15.5. The number of nitrogens with one attached hydrogen (secondary N) is 1. The van der Waals surface area contributed by atoms with Gasteiger partial charge in [-0.15, -0.1) is 0 Å². The Hall–Kier alpha value is -4.84. The van der Waals surface area contributed by atoms with Gasteiger partial charge in [0.2, 0.25) is 11.7 Å². The van der Waals surface area contributed by atoms with Crippen molar-refractivity contribution in [3.63, 3.8) is 0 Å². The van der Waals surface area contributed by atoms with E-state index in [1.165, 1.54) is 6.07 Å². The molecule has 7 rings (SSSR count). The summed E-state index contributed by atoms with van der Waals surface area (Å²) < 4.78 is 95.6. The second-order valence-corrected chi connectivity index (χ2v) is 11.7. The molecule has 258 valence electrons. The number of likely N-dealkylation sites (tertiary alicyclic amines) is 1. The quantitative estimate of drug-likeness (QED) is 0.177. The molecule has 2 aliphatic rings. The van der Waals surface area contributed by atoms with Crippen LogP contribution in [0.4, 0.5) is 26.3 Å². The molecule has 5 aromatic heterocycles. The lowest BCUT2D eigenvalue weighted by molar-refractivity contribution is -0.144. The van der Waals surface area contributed by atoms with Gasteiger partial charge in [-0.3, -0.25) is 15.0 Å². The Labute approximate surface area is 274 Å². The number of H-pyrrole nitrogens is 1. The fraction of sp³-hybridized carbons (Fsp3) is 0.419. The van der Waals surface area contributed by atoms with E-state index in [0.29, 0.717) is 31.1 Å². The highest BCUT2D eigenvalue weighted by Gasteiger charge is 2.35. The fourth-order valence-electron chi connectivity index (χ4n) is 5.84. The molecular weight excluding hydrogens is 660 g/mol. The number of hydrogen-bond acceptors (Lipinski definition) is 10. The van der Waals surface area contributed by atoms with E-state index in [-0.39, 0.29) is 35.8 Å². The summed E-state index contributed by atoms with van der Waals surface area (Å²) >= 11 is 0. The lowest BCUT2D eigenvalue weighted by Crippen LogP contribution is -2.35. The Balaban J connectivity index is 1.01. The van der Waals surface area contributed by atoms with E-state index < -0.39 is 30.3 Å². The lowest BCUT2D eigenvalue weighted by atomic mass is 9.93. The number of hydrogen-bond donors (Lipinski definition) is 1. The van der Waals surface area contributed by atoms with Crippen LogP contribution in [0.1, 0.15) is 48.2 Å². The van der Waals surface area contributed by atoms with Crippen LogP contribution >= 0.6 is 0 Å². The highest BCUT2D eigenvalue weighted by molar-refractivity contribution is 5.78. The van der Waals surface area contributed by atoms with E-state index in [9.17, 15) is 26.3 Å². The van der Waals surface area contributed by atoms with Gasteiger partial charge in [0.05, 0.1) is 42.1 Å². The van der Waals surface area contributed by atoms with Gasteiger partial charge in [-0.25, -0.2) is 24.3 Å². The number of ether oxygens (including phenoxy) is 3. The first-order chi connectivity index (χ1) is 23.6. The number of aromatic amines is 1. The fourth-order valence-corrected chi connectivity index (χ4v) is 5.84. The van der Waals surface area contributed by atoms with Crippen LogP contribution in [0, 0.1) is 5.82 Å². The molecule has 49 heavy (non-hydrogen) atoms. The molecule has 18 heteroatoms. The molecule has 0 radical (unpaired) electrons. The number of aromatic nitrogens is 8. The molecule has 1 atom stereocenters. The number of rotatable bonds is 11. The minimum Gasteiger partial charge on any atom is -0.471 e. The summed E-state index contributed by atoms with van der Waals surface area (Å²) in [6.07, 6.45) is -0.492. The van der Waals surface area contributed by atoms with Gasteiger partial charge in [0.25, 0.3) is 5.88 Å². The Kier molecular flexibility index (Phi) is 9.06. The first-order valence-corrected chi connectivity index (χ1v) is 15.5.